The Labute approximate surface area is 380 Å². The van der Waals surface area contributed by atoms with Gasteiger partial charge < -0.3 is 5.11 Å². The van der Waals surface area contributed by atoms with Gasteiger partial charge in [0.25, 0.3) is 0 Å². The summed E-state index contributed by atoms with van der Waals surface area (Å²) >= 11 is 0. The van der Waals surface area contributed by atoms with E-state index in [1.165, 1.54) is 0 Å². The number of nitrogens with zero attached hydrogens (tertiary/aromatic N) is 3. The molecule has 8 aromatic rings. The largest absolute Gasteiger partial charge is 0.507 e. The van der Waals surface area contributed by atoms with Crippen LogP contribution in [-0.4, -0.2) is 19.6 Å². The summed E-state index contributed by atoms with van der Waals surface area (Å²) in [5.41, 5.74) is 10.1. The van der Waals surface area contributed by atoms with Gasteiger partial charge in [0.05, 0.1) is 27.8 Å². The van der Waals surface area contributed by atoms with Crippen molar-refractivity contribution in [3.8, 4) is 67.5 Å². The number of fused-ring (bicyclic) bond motifs is 1. The number of pyridine rings is 1. The summed E-state index contributed by atoms with van der Waals surface area (Å²) < 4.78 is 70.0. The molecule has 2 heterocycles. The molecular weight excluding hydrogens is 755 g/mol. The fraction of sp³-hybridized carbons (Fsp3) is 0.276. The highest BCUT2D eigenvalue weighted by molar-refractivity contribution is 5.97. The third kappa shape index (κ3) is 8.36. The second kappa shape index (κ2) is 15.9. The van der Waals surface area contributed by atoms with Crippen LogP contribution in [0.5, 0.6) is 5.75 Å². The van der Waals surface area contributed by atoms with Gasteiger partial charge in [-0.15, -0.1) is 0 Å². The van der Waals surface area contributed by atoms with Gasteiger partial charge in [0.15, 0.2) is 0 Å². The van der Waals surface area contributed by atoms with E-state index in [4.69, 9.17) is 19.6 Å². The van der Waals surface area contributed by atoms with E-state index in [0.29, 0.717) is 28.2 Å². The van der Waals surface area contributed by atoms with Crippen molar-refractivity contribution >= 4 is 11.0 Å². The number of hydrogen-bond donors (Lipinski definition) is 1. The molecular formula is C58H61N3O. The van der Waals surface area contributed by atoms with E-state index in [-0.39, 0.29) is 22.1 Å². The van der Waals surface area contributed by atoms with Crippen molar-refractivity contribution < 1.29 is 16.1 Å². The minimum atomic E-state index is -2.83. The van der Waals surface area contributed by atoms with Crippen molar-refractivity contribution in [1.29, 1.82) is 0 Å². The summed E-state index contributed by atoms with van der Waals surface area (Å²) in [6.07, 6.45) is 1.56. The van der Waals surface area contributed by atoms with E-state index < -0.39 is 47.9 Å². The average Bonchev–Trinajstić information content (AvgIpc) is 3.66. The molecule has 0 radical (unpaired) electrons. The van der Waals surface area contributed by atoms with Gasteiger partial charge in [0.2, 0.25) is 0 Å². The third-order valence-corrected chi connectivity index (χ3v) is 11.6. The summed E-state index contributed by atoms with van der Waals surface area (Å²) in [4.78, 5) is 10.3. The highest BCUT2D eigenvalue weighted by Crippen LogP contribution is 2.45. The van der Waals surface area contributed by atoms with Crippen LogP contribution in [0.4, 0.5) is 0 Å². The first-order valence-electron chi connectivity index (χ1n) is 25.3. The number of phenols is 1. The summed E-state index contributed by atoms with van der Waals surface area (Å²) in [6.45, 7) is 20.1. The first-order valence-corrected chi connectivity index (χ1v) is 21.3. The molecule has 8 rings (SSSR count). The minimum absolute atomic E-state index is 0.0108. The minimum Gasteiger partial charge on any atom is -0.507 e. The topological polar surface area (TPSA) is 50.9 Å². The molecule has 1 N–H and O–H groups in total. The maximum Gasteiger partial charge on any atom is 0.149 e. The Morgan fingerprint density at radius 3 is 1.97 bits per heavy atom. The molecule has 0 amide bonds. The molecule has 0 unspecified atom stereocenters. The smallest absolute Gasteiger partial charge is 0.149 e. The molecule has 0 aliphatic heterocycles. The van der Waals surface area contributed by atoms with E-state index >= 15 is 0 Å². The summed E-state index contributed by atoms with van der Waals surface area (Å²) in [7, 11) is 0. The first-order chi connectivity index (χ1) is 32.4. The highest BCUT2D eigenvalue weighted by Gasteiger charge is 2.29. The number of imidazole rings is 1. The zero-order chi connectivity index (χ0) is 51.2. The van der Waals surface area contributed by atoms with Crippen LogP contribution in [0, 0.1) is 6.85 Å². The fourth-order valence-corrected chi connectivity index (χ4v) is 7.97. The Kier molecular flexibility index (Phi) is 8.55. The van der Waals surface area contributed by atoms with E-state index in [1.807, 2.05) is 56.3 Å². The van der Waals surface area contributed by atoms with Crippen molar-refractivity contribution in [2.24, 2.45) is 0 Å². The number of benzene rings is 6. The van der Waals surface area contributed by atoms with Gasteiger partial charge in [-0.1, -0.05) is 167 Å². The van der Waals surface area contributed by atoms with Gasteiger partial charge in [0.1, 0.15) is 11.6 Å². The standard InChI is InChI=1S/C58H61N3O/c1-36(2)41-27-42(38-17-14-13-15-18-38)32-47(31-41)61-52-20-16-19-48(53(52)60-55(61)49-34-46(57(7,8)9)35-50(54(49)62)58(10,11)12)43-28-44(30-45(29-43)56(4,5)6)51-33-40(25-26-59-51)39-23-21-37(3)22-24-39/h13-36,62H,1-12H3/i3D3,21D,22D,23D,24D,36D. The van der Waals surface area contributed by atoms with E-state index in [2.05, 4.69) is 121 Å². The molecule has 0 spiro atoms. The van der Waals surface area contributed by atoms with Crippen LogP contribution in [0.15, 0.2) is 140 Å². The van der Waals surface area contributed by atoms with Crippen molar-refractivity contribution in [1.82, 2.24) is 14.5 Å². The first kappa shape index (κ1) is 33.4. The molecule has 0 saturated carbocycles. The lowest BCUT2D eigenvalue weighted by Gasteiger charge is -2.27. The van der Waals surface area contributed by atoms with Crippen LogP contribution in [0.2, 0.25) is 0 Å². The Morgan fingerprint density at radius 1 is 0.613 bits per heavy atom. The summed E-state index contributed by atoms with van der Waals surface area (Å²) in [6, 6.07) is 34.2. The van der Waals surface area contributed by atoms with Gasteiger partial charge in [-0.3, -0.25) is 9.55 Å². The van der Waals surface area contributed by atoms with Crippen LogP contribution < -0.4 is 0 Å². The second-order valence-electron chi connectivity index (χ2n) is 19.7. The van der Waals surface area contributed by atoms with Gasteiger partial charge >= 0.3 is 0 Å². The molecule has 0 atom stereocenters. The highest BCUT2D eigenvalue weighted by atomic mass is 16.3. The second-order valence-corrected chi connectivity index (χ2v) is 19.7. The Morgan fingerprint density at radius 2 is 1.31 bits per heavy atom. The number of aromatic hydroxyl groups is 1. The van der Waals surface area contributed by atoms with Crippen molar-refractivity contribution in [2.75, 3.05) is 0 Å². The SMILES string of the molecule is [2H]c1c([2H])c(C([2H])([2H])[2H])c([2H])c([2H])c1-c1ccnc(-c2cc(-c3cccc4c3nc(-c3cc(C(C)(C)C)cc(C(C)(C)C)c3O)n4-c3cc(-c4ccccc4)cc(C([2H])(C)C)c3)cc(C(C)(C)C)c2)c1. The van der Waals surface area contributed by atoms with Crippen molar-refractivity contribution in [3.05, 3.63) is 167 Å². The van der Waals surface area contributed by atoms with Crippen LogP contribution in [0.3, 0.4) is 0 Å². The third-order valence-electron chi connectivity index (χ3n) is 11.6. The number of rotatable bonds is 7. The lowest BCUT2D eigenvalue weighted by molar-refractivity contribution is 0.446. The molecule has 4 nitrogen and oxygen atoms in total. The molecule has 62 heavy (non-hydrogen) atoms. The molecule has 2 aromatic heterocycles. The summed E-state index contributed by atoms with van der Waals surface area (Å²) in [5.74, 6) is -0.263. The lowest BCUT2D eigenvalue weighted by atomic mass is 9.79. The molecule has 0 aliphatic carbocycles. The maximum atomic E-state index is 12.5. The number of aromatic nitrogens is 3. The van der Waals surface area contributed by atoms with Crippen LogP contribution >= 0.6 is 0 Å². The van der Waals surface area contributed by atoms with Gasteiger partial charge in [-0.05, 0) is 122 Å². The molecule has 0 fully saturated rings. The van der Waals surface area contributed by atoms with Crippen molar-refractivity contribution in [3.63, 3.8) is 0 Å². The lowest BCUT2D eigenvalue weighted by Crippen LogP contribution is -2.17. The number of phenolic OH excluding ortho intramolecular Hbond substituents is 1. The molecule has 4 heteroatoms. The van der Waals surface area contributed by atoms with Gasteiger partial charge in [-0.25, -0.2) is 4.98 Å². The van der Waals surface area contributed by atoms with E-state index in [0.717, 1.165) is 61.3 Å². The molecule has 0 bridgehead atoms. The van der Waals surface area contributed by atoms with Crippen molar-refractivity contribution in [2.45, 2.75) is 105 Å². The maximum absolute atomic E-state index is 12.5. The van der Waals surface area contributed by atoms with Crippen LogP contribution in [-0.2, 0) is 16.2 Å². The Hall–Kier alpha value is -6.26. The Balaban J connectivity index is 1.44. The predicted molar refractivity (Wildman–Crippen MR) is 263 cm³/mol. The normalized spacial score (nSPS) is 14.6. The molecule has 314 valence electrons. The molecule has 0 aliphatic rings. The van der Waals surface area contributed by atoms with Crippen LogP contribution in [0.25, 0.3) is 72.7 Å². The monoisotopic (exact) mass is 824 g/mol. The molecule has 0 saturated heterocycles. The van der Waals surface area contributed by atoms with Gasteiger partial charge in [0, 0.05) is 34.1 Å². The van der Waals surface area contributed by atoms with E-state index in [9.17, 15) is 6.48 Å². The Bertz CT molecular complexity index is 3310. The zero-order valence-corrected chi connectivity index (χ0v) is 37.8. The molecule has 6 aromatic carbocycles. The van der Waals surface area contributed by atoms with Gasteiger partial charge in [-0.2, -0.15) is 0 Å². The van der Waals surface area contributed by atoms with E-state index in [1.54, 1.807) is 18.3 Å². The summed E-state index contributed by atoms with van der Waals surface area (Å²) in [5, 5.41) is 12.5. The van der Waals surface area contributed by atoms with Crippen LogP contribution in [0.1, 0.15) is 121 Å². The fourth-order valence-electron chi connectivity index (χ4n) is 7.97. The zero-order valence-electron chi connectivity index (χ0n) is 45.8. The number of para-hydroxylation sites is 1. The average molecular weight is 824 g/mol. The predicted octanol–water partition coefficient (Wildman–Crippen LogP) is 15.8. The quantitative estimate of drug-likeness (QED) is 0.174. The number of hydrogen-bond acceptors (Lipinski definition) is 3.